The van der Waals surface area contributed by atoms with Crippen molar-refractivity contribution < 1.29 is 17.9 Å². The Morgan fingerprint density at radius 2 is 1.88 bits per heavy atom. The highest BCUT2D eigenvalue weighted by atomic mass is 32.2. The van der Waals surface area contributed by atoms with E-state index in [0.29, 0.717) is 17.9 Å². The maximum absolute atomic E-state index is 11.6. The Kier molecular flexibility index (Phi) is 6.21. The van der Waals surface area contributed by atoms with Gasteiger partial charge in [0, 0.05) is 29.3 Å². The number of thiazole rings is 1. The van der Waals surface area contributed by atoms with Crippen molar-refractivity contribution in [2.75, 3.05) is 20.4 Å². The van der Waals surface area contributed by atoms with Gasteiger partial charge in [0.1, 0.15) is 5.01 Å². The maximum Gasteiger partial charge on any atom is 0.307 e. The predicted molar refractivity (Wildman–Crippen MR) is 103 cm³/mol. The summed E-state index contributed by atoms with van der Waals surface area (Å²) in [5.74, 6) is -0.244. The Morgan fingerprint density at radius 1 is 1.27 bits per heavy atom. The molecule has 0 unspecified atom stereocenters. The number of aromatic nitrogens is 1. The SMILES string of the molecule is COC(=O)CC(C)(C)N(C)Cc1csc(-c2ccc(S(C)(=O)=O)cc2)n1. The van der Waals surface area contributed by atoms with E-state index in [4.69, 9.17) is 4.74 Å². The van der Waals surface area contributed by atoms with Gasteiger partial charge in [-0.2, -0.15) is 0 Å². The molecule has 6 nitrogen and oxygen atoms in total. The molecule has 0 aliphatic heterocycles. The van der Waals surface area contributed by atoms with Crippen LogP contribution in [0.5, 0.6) is 0 Å². The molecule has 0 aliphatic rings. The van der Waals surface area contributed by atoms with E-state index in [1.54, 1.807) is 24.3 Å². The molecular weight excluding hydrogens is 372 g/mol. The van der Waals surface area contributed by atoms with Gasteiger partial charge in [0.25, 0.3) is 0 Å². The smallest absolute Gasteiger partial charge is 0.307 e. The summed E-state index contributed by atoms with van der Waals surface area (Å²) < 4.78 is 27.9. The van der Waals surface area contributed by atoms with Crippen molar-refractivity contribution >= 4 is 27.1 Å². The van der Waals surface area contributed by atoms with Gasteiger partial charge in [-0.05, 0) is 33.0 Å². The zero-order valence-corrected chi connectivity index (χ0v) is 17.3. The number of carbonyl (C=O) groups excluding carboxylic acids is 1. The first kappa shape index (κ1) is 20.5. The van der Waals surface area contributed by atoms with Crippen molar-refractivity contribution in [3.8, 4) is 10.6 Å². The molecule has 0 aliphatic carbocycles. The van der Waals surface area contributed by atoms with E-state index in [1.807, 2.05) is 26.3 Å². The quantitative estimate of drug-likeness (QED) is 0.670. The van der Waals surface area contributed by atoms with E-state index < -0.39 is 9.84 Å². The number of sulfone groups is 1. The number of nitrogens with zero attached hydrogens (tertiary/aromatic N) is 2. The van der Waals surface area contributed by atoms with E-state index >= 15 is 0 Å². The number of rotatable bonds is 7. The first-order valence-electron chi connectivity index (χ1n) is 8.06. The number of hydrogen-bond acceptors (Lipinski definition) is 7. The number of ether oxygens (including phenoxy) is 1. The Morgan fingerprint density at radius 3 is 2.42 bits per heavy atom. The van der Waals surface area contributed by atoms with Crippen molar-refractivity contribution in [2.45, 2.75) is 37.2 Å². The van der Waals surface area contributed by atoms with Crippen molar-refractivity contribution in [2.24, 2.45) is 0 Å². The molecule has 2 rings (SSSR count). The van der Waals surface area contributed by atoms with Crippen LogP contribution in [-0.4, -0.2) is 50.2 Å². The Hall–Kier alpha value is -1.77. The summed E-state index contributed by atoms with van der Waals surface area (Å²) >= 11 is 1.51. The van der Waals surface area contributed by atoms with Gasteiger partial charge in [0.2, 0.25) is 0 Å². The Labute approximate surface area is 158 Å². The van der Waals surface area contributed by atoms with Crippen LogP contribution in [0.3, 0.4) is 0 Å². The highest BCUT2D eigenvalue weighted by Crippen LogP contribution is 2.27. The molecule has 2 aromatic rings. The first-order chi connectivity index (χ1) is 12.0. The van der Waals surface area contributed by atoms with E-state index in [9.17, 15) is 13.2 Å². The second-order valence-corrected chi connectivity index (χ2v) is 9.74. The van der Waals surface area contributed by atoms with Crippen LogP contribution in [0.4, 0.5) is 0 Å². The van der Waals surface area contributed by atoms with Gasteiger partial charge in [-0.3, -0.25) is 9.69 Å². The van der Waals surface area contributed by atoms with E-state index in [-0.39, 0.29) is 11.5 Å². The second-order valence-electron chi connectivity index (χ2n) is 6.86. The summed E-state index contributed by atoms with van der Waals surface area (Å²) in [5.41, 5.74) is 1.43. The highest BCUT2D eigenvalue weighted by Gasteiger charge is 2.27. The molecule has 0 saturated carbocycles. The Balaban J connectivity index is 2.11. The fraction of sp³-hybridized carbons (Fsp3) is 0.444. The minimum atomic E-state index is -3.20. The van der Waals surface area contributed by atoms with Crippen LogP contribution < -0.4 is 0 Å². The van der Waals surface area contributed by atoms with Gasteiger partial charge in [0.15, 0.2) is 9.84 Å². The van der Waals surface area contributed by atoms with Crippen molar-refractivity contribution in [1.82, 2.24) is 9.88 Å². The average molecular weight is 397 g/mol. The number of benzene rings is 1. The lowest BCUT2D eigenvalue weighted by Crippen LogP contribution is -2.42. The normalized spacial score (nSPS) is 12.4. The summed E-state index contributed by atoms with van der Waals surface area (Å²) in [5, 5.41) is 2.81. The van der Waals surface area contributed by atoms with Crippen LogP contribution in [-0.2, 0) is 25.9 Å². The molecule has 0 N–H and O–H groups in total. The van der Waals surface area contributed by atoms with Crippen LogP contribution in [0.1, 0.15) is 26.0 Å². The van der Waals surface area contributed by atoms with Crippen LogP contribution >= 0.6 is 11.3 Å². The summed E-state index contributed by atoms with van der Waals surface area (Å²) in [4.78, 5) is 18.6. The summed E-state index contributed by atoms with van der Waals surface area (Å²) in [6.07, 6.45) is 1.49. The molecule has 26 heavy (non-hydrogen) atoms. The number of esters is 1. The standard InChI is InChI=1S/C18H24N2O4S2/c1-18(2,10-16(21)24-4)20(3)11-14-12-25-17(19-14)13-6-8-15(9-7-13)26(5,22)23/h6-9,12H,10-11H2,1-5H3. The third-order valence-corrected chi connectivity index (χ3v) is 6.39. The molecule has 8 heteroatoms. The number of methoxy groups -OCH3 is 1. The van der Waals surface area contributed by atoms with Crippen molar-refractivity contribution in [1.29, 1.82) is 0 Å². The molecule has 0 fully saturated rings. The third-order valence-electron chi connectivity index (χ3n) is 4.32. The first-order valence-corrected chi connectivity index (χ1v) is 10.8. The molecule has 1 aromatic carbocycles. The zero-order chi connectivity index (χ0) is 19.5. The zero-order valence-electron chi connectivity index (χ0n) is 15.6. The molecule has 1 aromatic heterocycles. The molecular formula is C18H24N2O4S2. The van der Waals surface area contributed by atoms with Gasteiger partial charge >= 0.3 is 5.97 Å². The number of carbonyl (C=O) groups is 1. The topological polar surface area (TPSA) is 76.6 Å². The van der Waals surface area contributed by atoms with E-state index in [1.165, 1.54) is 24.7 Å². The van der Waals surface area contributed by atoms with Crippen LogP contribution in [0, 0.1) is 0 Å². The Bertz CT molecular complexity index is 871. The van der Waals surface area contributed by atoms with Gasteiger partial charge < -0.3 is 4.74 Å². The summed E-state index contributed by atoms with van der Waals surface area (Å²) in [6.45, 7) is 4.57. The molecule has 0 radical (unpaired) electrons. The lowest BCUT2D eigenvalue weighted by Gasteiger charge is -2.34. The number of hydrogen-bond donors (Lipinski definition) is 0. The monoisotopic (exact) mass is 396 g/mol. The largest absolute Gasteiger partial charge is 0.469 e. The van der Waals surface area contributed by atoms with Gasteiger partial charge in [-0.15, -0.1) is 11.3 Å². The molecule has 1 heterocycles. The van der Waals surface area contributed by atoms with E-state index in [2.05, 4.69) is 9.88 Å². The minimum absolute atomic E-state index is 0.244. The van der Waals surface area contributed by atoms with Crippen LogP contribution in [0.15, 0.2) is 34.5 Å². The molecule has 0 saturated heterocycles. The van der Waals surface area contributed by atoms with Crippen LogP contribution in [0.2, 0.25) is 0 Å². The van der Waals surface area contributed by atoms with Gasteiger partial charge in [0.05, 0.1) is 24.1 Å². The van der Waals surface area contributed by atoms with Crippen LogP contribution in [0.25, 0.3) is 10.6 Å². The average Bonchev–Trinajstić information content (AvgIpc) is 3.02. The molecule has 142 valence electrons. The maximum atomic E-state index is 11.6. The summed E-state index contributed by atoms with van der Waals surface area (Å²) in [7, 11) is 0.134. The van der Waals surface area contributed by atoms with E-state index in [0.717, 1.165) is 16.3 Å². The third kappa shape index (κ3) is 5.12. The molecule has 0 amide bonds. The van der Waals surface area contributed by atoms with Crippen molar-refractivity contribution in [3.05, 3.63) is 35.3 Å². The van der Waals surface area contributed by atoms with Gasteiger partial charge in [-0.25, -0.2) is 13.4 Å². The highest BCUT2D eigenvalue weighted by molar-refractivity contribution is 7.90. The molecule has 0 atom stereocenters. The second kappa shape index (κ2) is 7.85. The fourth-order valence-electron chi connectivity index (χ4n) is 2.37. The molecule has 0 bridgehead atoms. The van der Waals surface area contributed by atoms with Gasteiger partial charge in [-0.1, -0.05) is 12.1 Å². The summed E-state index contributed by atoms with van der Waals surface area (Å²) in [6, 6.07) is 6.72. The predicted octanol–water partition coefficient (Wildman–Crippen LogP) is 2.99. The minimum Gasteiger partial charge on any atom is -0.469 e. The van der Waals surface area contributed by atoms with Crippen molar-refractivity contribution in [3.63, 3.8) is 0 Å². The fourth-order valence-corrected chi connectivity index (χ4v) is 3.82. The lowest BCUT2D eigenvalue weighted by atomic mass is 9.98. The molecule has 0 spiro atoms. The lowest BCUT2D eigenvalue weighted by molar-refractivity contribution is -0.143.